The van der Waals surface area contributed by atoms with Crippen LogP contribution >= 0.6 is 0 Å². The zero-order chi connectivity index (χ0) is 20.8. The molecule has 150 valence electrons. The molecule has 1 aromatic carbocycles. The third-order valence-electron chi connectivity index (χ3n) is 3.02. The van der Waals surface area contributed by atoms with Gasteiger partial charge in [0.15, 0.2) is 0 Å². The second-order valence-electron chi connectivity index (χ2n) is 8.13. The van der Waals surface area contributed by atoms with E-state index in [1.165, 1.54) is 0 Å². The van der Waals surface area contributed by atoms with E-state index < -0.39 is 35.3 Å². The molecule has 1 aromatic rings. The molecule has 0 aliphatic heterocycles. The van der Waals surface area contributed by atoms with Gasteiger partial charge in [-0.25, -0.2) is 9.59 Å². The van der Waals surface area contributed by atoms with Crippen molar-refractivity contribution in [3.8, 4) is 0 Å². The third-order valence-corrected chi connectivity index (χ3v) is 3.02. The van der Waals surface area contributed by atoms with Gasteiger partial charge in [0, 0.05) is 5.69 Å². The molecule has 3 amide bonds. The summed E-state index contributed by atoms with van der Waals surface area (Å²) in [5.74, 6) is -0.625. The molecule has 4 N–H and O–H groups in total. The topological polar surface area (TPSA) is 120 Å². The number of hydrogen-bond donors (Lipinski definition) is 3. The summed E-state index contributed by atoms with van der Waals surface area (Å²) >= 11 is 0. The van der Waals surface area contributed by atoms with E-state index in [9.17, 15) is 14.4 Å². The molecule has 0 unspecified atom stereocenters. The molecule has 0 bridgehead atoms. The number of imide groups is 1. The Morgan fingerprint density at radius 1 is 0.926 bits per heavy atom. The van der Waals surface area contributed by atoms with Crippen LogP contribution in [-0.4, -0.2) is 35.3 Å². The van der Waals surface area contributed by atoms with E-state index in [0.29, 0.717) is 5.69 Å². The molecule has 0 radical (unpaired) electrons. The number of amides is 3. The lowest BCUT2D eigenvalue weighted by Gasteiger charge is -2.20. The molecule has 0 aliphatic rings. The molecule has 1 rings (SSSR count). The minimum absolute atomic E-state index is 0.224. The van der Waals surface area contributed by atoms with Gasteiger partial charge >= 0.3 is 12.2 Å². The van der Waals surface area contributed by atoms with Crippen LogP contribution in [0.15, 0.2) is 24.3 Å². The Kier molecular flexibility index (Phi) is 7.36. The van der Waals surface area contributed by atoms with E-state index in [4.69, 9.17) is 15.2 Å². The molecule has 0 heterocycles. The summed E-state index contributed by atoms with van der Waals surface area (Å²) < 4.78 is 10.2. The van der Waals surface area contributed by atoms with Gasteiger partial charge in [0.1, 0.15) is 11.2 Å². The van der Waals surface area contributed by atoms with Crippen LogP contribution in [0.4, 0.5) is 15.3 Å². The molecule has 1 atom stereocenters. The molecule has 0 aromatic heterocycles. The van der Waals surface area contributed by atoms with Gasteiger partial charge in [0.05, 0.1) is 6.04 Å². The van der Waals surface area contributed by atoms with E-state index in [-0.39, 0.29) is 6.42 Å². The largest absolute Gasteiger partial charge is 0.444 e. The van der Waals surface area contributed by atoms with Crippen molar-refractivity contribution >= 4 is 23.8 Å². The Bertz CT molecular complexity index is 672. The van der Waals surface area contributed by atoms with Gasteiger partial charge in [-0.15, -0.1) is 0 Å². The highest BCUT2D eigenvalue weighted by molar-refractivity contribution is 5.95. The first-order chi connectivity index (χ1) is 12.2. The Hall–Kier alpha value is -2.61. The van der Waals surface area contributed by atoms with Crippen LogP contribution in [0, 0.1) is 0 Å². The SMILES string of the molecule is CC(C)(C)OC(=O)NC(=O)[C@@H](N)Cc1ccc(NC(=O)OC(C)(C)C)cc1. The number of ether oxygens (including phenoxy) is 2. The second kappa shape index (κ2) is 8.85. The van der Waals surface area contributed by atoms with Crippen LogP contribution in [0.2, 0.25) is 0 Å². The number of anilines is 1. The molecule has 0 saturated heterocycles. The van der Waals surface area contributed by atoms with Crippen LogP contribution in [0.3, 0.4) is 0 Å². The number of rotatable bonds is 4. The van der Waals surface area contributed by atoms with Crippen LogP contribution in [0.1, 0.15) is 47.1 Å². The molecule has 27 heavy (non-hydrogen) atoms. The predicted octanol–water partition coefficient (Wildman–Crippen LogP) is 2.95. The summed E-state index contributed by atoms with van der Waals surface area (Å²) in [4.78, 5) is 35.3. The maximum Gasteiger partial charge on any atom is 0.414 e. The van der Waals surface area contributed by atoms with Gasteiger partial charge in [-0.3, -0.25) is 15.4 Å². The highest BCUT2D eigenvalue weighted by Crippen LogP contribution is 2.14. The third kappa shape index (κ3) is 9.60. The zero-order valence-corrected chi connectivity index (χ0v) is 16.7. The Morgan fingerprint density at radius 2 is 1.41 bits per heavy atom. The lowest BCUT2D eigenvalue weighted by molar-refractivity contribution is -0.122. The number of benzene rings is 1. The number of nitrogens with two attached hydrogens (primary N) is 1. The first kappa shape index (κ1) is 22.4. The number of nitrogens with one attached hydrogen (secondary N) is 2. The summed E-state index contributed by atoms with van der Waals surface area (Å²) in [6, 6.07) is 5.90. The Balaban J connectivity index is 2.55. The summed E-state index contributed by atoms with van der Waals surface area (Å²) in [6.07, 6.45) is -1.16. The zero-order valence-electron chi connectivity index (χ0n) is 16.7. The fourth-order valence-corrected chi connectivity index (χ4v) is 1.99. The first-order valence-corrected chi connectivity index (χ1v) is 8.63. The summed E-state index contributed by atoms with van der Waals surface area (Å²) in [7, 11) is 0. The highest BCUT2D eigenvalue weighted by Gasteiger charge is 2.22. The van der Waals surface area contributed by atoms with Crippen molar-refractivity contribution in [1.82, 2.24) is 5.32 Å². The lowest BCUT2D eigenvalue weighted by Crippen LogP contribution is -2.46. The number of carbonyl (C=O) groups is 3. The smallest absolute Gasteiger partial charge is 0.414 e. The van der Waals surface area contributed by atoms with Crippen molar-refractivity contribution in [3.63, 3.8) is 0 Å². The van der Waals surface area contributed by atoms with E-state index in [1.54, 1.807) is 65.8 Å². The van der Waals surface area contributed by atoms with Crippen molar-refractivity contribution < 1.29 is 23.9 Å². The van der Waals surface area contributed by atoms with E-state index in [1.807, 2.05) is 0 Å². The van der Waals surface area contributed by atoms with E-state index in [2.05, 4.69) is 10.6 Å². The Labute approximate surface area is 159 Å². The molecule has 8 heteroatoms. The molecule has 0 spiro atoms. The minimum atomic E-state index is -0.915. The van der Waals surface area contributed by atoms with Crippen molar-refractivity contribution in [2.45, 2.75) is 65.2 Å². The minimum Gasteiger partial charge on any atom is -0.444 e. The predicted molar refractivity (Wildman–Crippen MR) is 102 cm³/mol. The highest BCUT2D eigenvalue weighted by atomic mass is 16.6. The van der Waals surface area contributed by atoms with Crippen LogP contribution in [-0.2, 0) is 20.7 Å². The molecule has 0 saturated carbocycles. The number of alkyl carbamates (subject to hydrolysis) is 1. The standard InChI is InChI=1S/C19H29N3O5/c1-18(2,3)26-16(24)21-13-9-7-12(8-10-13)11-14(20)15(23)22-17(25)27-19(4,5)6/h7-10,14H,11,20H2,1-6H3,(H,21,24)(H,22,23,25)/t14-/m0/s1. The summed E-state index contributed by atoms with van der Waals surface area (Å²) in [6.45, 7) is 10.4. The number of carbonyl (C=O) groups excluding carboxylic acids is 3. The van der Waals surface area contributed by atoms with Gasteiger partial charge in [-0.2, -0.15) is 0 Å². The number of hydrogen-bond acceptors (Lipinski definition) is 6. The molecule has 8 nitrogen and oxygen atoms in total. The van der Waals surface area contributed by atoms with E-state index in [0.717, 1.165) is 5.56 Å². The van der Waals surface area contributed by atoms with Crippen molar-refractivity contribution in [2.75, 3.05) is 5.32 Å². The fraction of sp³-hybridized carbons (Fsp3) is 0.526. The molecule has 0 aliphatic carbocycles. The Morgan fingerprint density at radius 3 is 1.89 bits per heavy atom. The average Bonchev–Trinajstić information content (AvgIpc) is 2.45. The summed E-state index contributed by atoms with van der Waals surface area (Å²) in [5, 5.41) is 4.73. The van der Waals surface area contributed by atoms with Gasteiger partial charge in [-0.1, -0.05) is 12.1 Å². The first-order valence-electron chi connectivity index (χ1n) is 8.63. The van der Waals surface area contributed by atoms with Crippen molar-refractivity contribution in [3.05, 3.63) is 29.8 Å². The van der Waals surface area contributed by atoms with Crippen LogP contribution < -0.4 is 16.4 Å². The van der Waals surface area contributed by atoms with Gasteiger partial charge in [0.2, 0.25) is 5.91 Å². The van der Waals surface area contributed by atoms with E-state index >= 15 is 0 Å². The fourth-order valence-electron chi connectivity index (χ4n) is 1.99. The molecule has 0 fully saturated rings. The average molecular weight is 379 g/mol. The lowest BCUT2D eigenvalue weighted by atomic mass is 10.1. The monoisotopic (exact) mass is 379 g/mol. The van der Waals surface area contributed by atoms with Crippen molar-refractivity contribution in [1.29, 1.82) is 0 Å². The maximum absolute atomic E-state index is 12.0. The van der Waals surface area contributed by atoms with Crippen LogP contribution in [0.5, 0.6) is 0 Å². The van der Waals surface area contributed by atoms with Gasteiger partial charge in [-0.05, 0) is 65.7 Å². The summed E-state index contributed by atoms with van der Waals surface area (Å²) in [5.41, 5.74) is 5.88. The second-order valence-corrected chi connectivity index (χ2v) is 8.13. The van der Waals surface area contributed by atoms with Gasteiger partial charge in [0.25, 0.3) is 0 Å². The van der Waals surface area contributed by atoms with Gasteiger partial charge < -0.3 is 15.2 Å². The molecular weight excluding hydrogens is 350 g/mol. The van der Waals surface area contributed by atoms with Crippen molar-refractivity contribution in [2.24, 2.45) is 5.73 Å². The maximum atomic E-state index is 12.0. The van der Waals surface area contributed by atoms with Crippen LogP contribution in [0.25, 0.3) is 0 Å². The quantitative estimate of drug-likeness (QED) is 0.740. The molecular formula is C19H29N3O5. The normalized spacial score (nSPS) is 12.7.